The minimum absolute atomic E-state index is 0.152. The summed E-state index contributed by atoms with van der Waals surface area (Å²) >= 11 is 3.01. The predicted molar refractivity (Wildman–Crippen MR) is 66.8 cm³/mol. The number of carbonyl (C=O) groups excluding carboxylic acids is 1. The largest absolute Gasteiger partial charge is 0.338 e. The number of hydrogen-bond donors (Lipinski definition) is 2. The van der Waals surface area contributed by atoms with Crippen LogP contribution in [0.3, 0.4) is 0 Å². The second kappa shape index (κ2) is 5.54. The van der Waals surface area contributed by atoms with Crippen molar-refractivity contribution < 1.29 is 4.79 Å². The number of nitrogens with zero attached hydrogens (tertiary/aromatic N) is 1. The highest BCUT2D eigenvalue weighted by Gasteiger charge is 2.15. The topological polar surface area (TPSA) is 54.0 Å². The maximum absolute atomic E-state index is 11.2. The van der Waals surface area contributed by atoms with Gasteiger partial charge in [-0.1, -0.05) is 0 Å². The lowest BCUT2D eigenvalue weighted by Crippen LogP contribution is -2.30. The lowest BCUT2D eigenvalue weighted by molar-refractivity contribution is 0.247. The SMILES string of the molecule is CCNC(=O)NSc1nc2c(s1)CCCC2. The molecule has 0 radical (unpaired) electrons. The summed E-state index contributed by atoms with van der Waals surface area (Å²) in [6.45, 7) is 2.53. The van der Waals surface area contributed by atoms with Crippen molar-refractivity contribution in [3.63, 3.8) is 0 Å². The van der Waals surface area contributed by atoms with Crippen LogP contribution in [-0.2, 0) is 12.8 Å². The molecular weight excluding hydrogens is 242 g/mol. The normalized spacial score (nSPS) is 14.3. The molecule has 1 aliphatic carbocycles. The fourth-order valence-electron chi connectivity index (χ4n) is 1.66. The van der Waals surface area contributed by atoms with Crippen molar-refractivity contribution in [3.8, 4) is 0 Å². The van der Waals surface area contributed by atoms with Crippen LogP contribution in [0.4, 0.5) is 4.79 Å². The number of fused-ring (bicyclic) bond motifs is 1. The van der Waals surface area contributed by atoms with Gasteiger partial charge >= 0.3 is 6.03 Å². The third-order valence-corrected chi connectivity index (χ3v) is 4.40. The van der Waals surface area contributed by atoms with Gasteiger partial charge in [-0.15, -0.1) is 11.3 Å². The monoisotopic (exact) mass is 257 g/mol. The lowest BCUT2D eigenvalue weighted by Gasteiger charge is -2.06. The van der Waals surface area contributed by atoms with Gasteiger partial charge in [0.05, 0.1) is 5.69 Å². The van der Waals surface area contributed by atoms with Crippen molar-refractivity contribution in [2.45, 2.75) is 36.9 Å². The molecule has 0 atom stereocenters. The Hall–Kier alpha value is -0.750. The van der Waals surface area contributed by atoms with Crippen LogP contribution in [0, 0.1) is 0 Å². The number of rotatable bonds is 3. The average Bonchev–Trinajstić information content (AvgIpc) is 2.69. The molecule has 1 heterocycles. The molecule has 0 bridgehead atoms. The molecule has 0 saturated heterocycles. The van der Waals surface area contributed by atoms with Crippen LogP contribution in [0.2, 0.25) is 0 Å². The van der Waals surface area contributed by atoms with Gasteiger partial charge in [0.25, 0.3) is 0 Å². The zero-order chi connectivity index (χ0) is 11.4. The first-order valence-corrected chi connectivity index (χ1v) is 7.12. The van der Waals surface area contributed by atoms with Gasteiger partial charge in [-0.25, -0.2) is 9.78 Å². The van der Waals surface area contributed by atoms with E-state index in [1.165, 1.54) is 35.4 Å². The molecule has 0 aromatic carbocycles. The van der Waals surface area contributed by atoms with E-state index in [4.69, 9.17) is 0 Å². The summed E-state index contributed by atoms with van der Waals surface area (Å²) in [5.74, 6) is 0. The van der Waals surface area contributed by atoms with Gasteiger partial charge in [0.2, 0.25) is 0 Å². The van der Waals surface area contributed by atoms with Crippen molar-refractivity contribution in [2.24, 2.45) is 0 Å². The molecule has 4 nitrogen and oxygen atoms in total. The van der Waals surface area contributed by atoms with E-state index in [-0.39, 0.29) is 6.03 Å². The Morgan fingerprint density at radius 1 is 1.50 bits per heavy atom. The molecule has 0 spiro atoms. The Morgan fingerprint density at radius 3 is 3.06 bits per heavy atom. The van der Waals surface area contributed by atoms with Crippen LogP contribution in [0.1, 0.15) is 30.3 Å². The van der Waals surface area contributed by atoms with E-state index in [1.54, 1.807) is 11.3 Å². The van der Waals surface area contributed by atoms with Crippen molar-refractivity contribution in [1.82, 2.24) is 15.0 Å². The van der Waals surface area contributed by atoms with Crippen LogP contribution < -0.4 is 10.0 Å². The van der Waals surface area contributed by atoms with Gasteiger partial charge in [0.1, 0.15) is 0 Å². The zero-order valence-corrected chi connectivity index (χ0v) is 10.8. The Labute approximate surface area is 103 Å². The summed E-state index contributed by atoms with van der Waals surface area (Å²) in [4.78, 5) is 17.1. The average molecular weight is 257 g/mol. The van der Waals surface area contributed by atoms with Crippen molar-refractivity contribution >= 4 is 29.3 Å². The number of carbonyl (C=O) groups is 1. The van der Waals surface area contributed by atoms with E-state index >= 15 is 0 Å². The number of nitrogens with one attached hydrogen (secondary N) is 2. The summed E-state index contributed by atoms with van der Waals surface area (Å²) in [5.41, 5.74) is 1.23. The van der Waals surface area contributed by atoms with Gasteiger partial charge < -0.3 is 5.32 Å². The highest BCUT2D eigenvalue weighted by atomic mass is 32.2. The fraction of sp³-hybridized carbons (Fsp3) is 0.600. The molecule has 2 amide bonds. The minimum Gasteiger partial charge on any atom is -0.338 e. The third kappa shape index (κ3) is 2.89. The first-order chi connectivity index (χ1) is 7.79. The summed E-state index contributed by atoms with van der Waals surface area (Å²) in [5, 5.41) is 2.68. The van der Waals surface area contributed by atoms with Crippen LogP contribution in [0.5, 0.6) is 0 Å². The summed E-state index contributed by atoms with van der Waals surface area (Å²) in [7, 11) is 0. The molecule has 2 N–H and O–H groups in total. The molecule has 6 heteroatoms. The molecule has 1 aromatic rings. The number of amides is 2. The standard InChI is InChI=1S/C10H15N3OS2/c1-2-11-9(14)13-16-10-12-7-5-3-4-6-8(7)15-10/h2-6H2,1H3,(H2,11,13,14). The Bertz CT molecular complexity index is 355. The highest BCUT2D eigenvalue weighted by molar-refractivity contribution is 7.99. The van der Waals surface area contributed by atoms with Gasteiger partial charge in [-0.05, 0) is 32.6 Å². The molecule has 1 aromatic heterocycles. The maximum Gasteiger partial charge on any atom is 0.325 e. The molecule has 0 unspecified atom stereocenters. The number of thiazole rings is 1. The highest BCUT2D eigenvalue weighted by Crippen LogP contribution is 2.30. The first kappa shape index (κ1) is 11.7. The second-order valence-electron chi connectivity index (χ2n) is 3.62. The summed E-state index contributed by atoms with van der Waals surface area (Å²) < 4.78 is 3.67. The number of urea groups is 1. The molecule has 2 rings (SSSR count). The van der Waals surface area contributed by atoms with E-state index in [0.717, 1.165) is 17.2 Å². The van der Waals surface area contributed by atoms with Gasteiger partial charge in [0, 0.05) is 23.4 Å². The van der Waals surface area contributed by atoms with Crippen molar-refractivity contribution in [1.29, 1.82) is 0 Å². The van der Waals surface area contributed by atoms with Gasteiger partial charge in [0.15, 0.2) is 4.34 Å². The maximum atomic E-state index is 11.2. The summed E-state index contributed by atoms with van der Waals surface area (Å²) in [6.07, 6.45) is 4.75. The Morgan fingerprint density at radius 2 is 2.31 bits per heavy atom. The number of aryl methyl sites for hydroxylation is 2. The van der Waals surface area contributed by atoms with Crippen molar-refractivity contribution in [2.75, 3.05) is 6.54 Å². The second-order valence-corrected chi connectivity index (χ2v) is 5.76. The van der Waals surface area contributed by atoms with Gasteiger partial charge in [-0.3, -0.25) is 4.72 Å². The lowest BCUT2D eigenvalue weighted by atomic mass is 10.0. The quantitative estimate of drug-likeness (QED) is 0.817. The molecule has 16 heavy (non-hydrogen) atoms. The molecule has 0 fully saturated rings. The van der Waals surface area contributed by atoms with Crippen LogP contribution in [0.15, 0.2) is 4.34 Å². The first-order valence-electron chi connectivity index (χ1n) is 5.49. The number of aromatic nitrogens is 1. The molecule has 0 saturated carbocycles. The van der Waals surface area contributed by atoms with E-state index in [2.05, 4.69) is 15.0 Å². The fourth-order valence-corrected chi connectivity index (χ4v) is 3.54. The predicted octanol–water partition coefficient (Wildman–Crippen LogP) is 2.35. The van der Waals surface area contributed by atoms with Crippen LogP contribution in [-0.4, -0.2) is 17.6 Å². The minimum atomic E-state index is -0.152. The summed E-state index contributed by atoms with van der Waals surface area (Å²) in [6, 6.07) is -0.152. The van der Waals surface area contributed by atoms with Gasteiger partial charge in [-0.2, -0.15) is 0 Å². The van der Waals surface area contributed by atoms with E-state index in [0.29, 0.717) is 6.54 Å². The van der Waals surface area contributed by atoms with E-state index in [9.17, 15) is 4.79 Å². The molecule has 0 aliphatic heterocycles. The number of hydrogen-bond acceptors (Lipinski definition) is 4. The smallest absolute Gasteiger partial charge is 0.325 e. The molecule has 88 valence electrons. The van der Waals surface area contributed by atoms with Crippen LogP contribution in [0.25, 0.3) is 0 Å². The third-order valence-electron chi connectivity index (χ3n) is 2.39. The van der Waals surface area contributed by atoms with Crippen molar-refractivity contribution in [3.05, 3.63) is 10.6 Å². The molecule has 1 aliphatic rings. The zero-order valence-electron chi connectivity index (χ0n) is 9.21. The van der Waals surface area contributed by atoms with Crippen LogP contribution >= 0.6 is 23.3 Å². The molecular formula is C10H15N3OS2. The Balaban J connectivity index is 1.90. The van der Waals surface area contributed by atoms with E-state index < -0.39 is 0 Å². The van der Waals surface area contributed by atoms with E-state index in [1.807, 2.05) is 6.92 Å². The Kier molecular flexibility index (Phi) is 4.06.